The van der Waals surface area contributed by atoms with E-state index in [0.717, 1.165) is 11.4 Å². The Morgan fingerprint density at radius 2 is 1.27 bits per heavy atom. The molecule has 1 saturated heterocycles. The summed E-state index contributed by atoms with van der Waals surface area (Å²) in [7, 11) is -0.531. The Labute approximate surface area is 157 Å². The molecular weight excluding hydrogens is 323 g/mol. The lowest BCUT2D eigenvalue weighted by atomic mass is 9.90. The molecule has 0 N–H and O–H groups in total. The molecule has 3 rings (SSSR count). The Morgan fingerprint density at radius 3 is 1.77 bits per heavy atom. The molecule has 136 valence electrons. The van der Waals surface area contributed by atoms with Crippen molar-refractivity contribution in [1.29, 1.82) is 0 Å². The molecule has 0 aliphatic carbocycles. The van der Waals surface area contributed by atoms with Crippen LogP contribution in [0, 0.1) is 13.8 Å². The molecule has 1 heterocycles. The van der Waals surface area contributed by atoms with Crippen LogP contribution in [-0.4, -0.2) is 24.8 Å². The predicted molar refractivity (Wildman–Crippen MR) is 109 cm³/mol. The van der Waals surface area contributed by atoms with Gasteiger partial charge in [0, 0.05) is 5.69 Å². The van der Waals surface area contributed by atoms with Gasteiger partial charge in [0.05, 0.1) is 23.2 Å². The van der Waals surface area contributed by atoms with Crippen LogP contribution >= 0.6 is 0 Å². The van der Waals surface area contributed by atoms with Crippen molar-refractivity contribution in [3.05, 3.63) is 59.7 Å². The van der Waals surface area contributed by atoms with Gasteiger partial charge >= 0.3 is 7.25 Å². The van der Waals surface area contributed by atoms with Gasteiger partial charge < -0.3 is 14.1 Å². The van der Waals surface area contributed by atoms with Gasteiger partial charge in [0.1, 0.15) is 0 Å². The number of aliphatic imine (C=N–C) groups is 1. The third kappa shape index (κ3) is 3.84. The van der Waals surface area contributed by atoms with E-state index in [9.17, 15) is 0 Å². The van der Waals surface area contributed by atoms with Gasteiger partial charge in [-0.05, 0) is 65.8 Å². The zero-order valence-electron chi connectivity index (χ0n) is 16.5. The summed E-state index contributed by atoms with van der Waals surface area (Å²) in [5.41, 5.74) is 3.48. The van der Waals surface area contributed by atoms with Crippen LogP contribution in [0.15, 0.2) is 53.5 Å². The number of aryl methyl sites for hydroxylation is 2. The van der Waals surface area contributed by atoms with Crippen molar-refractivity contribution in [3.8, 4) is 0 Å². The van der Waals surface area contributed by atoms with Crippen LogP contribution in [0.25, 0.3) is 0 Å². The first-order valence-electron chi connectivity index (χ1n) is 8.99. The minimum absolute atomic E-state index is 0.404. The van der Waals surface area contributed by atoms with Crippen molar-refractivity contribution in [2.24, 2.45) is 4.99 Å². The molecule has 1 aliphatic heterocycles. The molecule has 4 nitrogen and oxygen atoms in total. The molecule has 2 aromatic rings. The van der Waals surface area contributed by atoms with Crippen molar-refractivity contribution in [1.82, 2.24) is 0 Å². The van der Waals surface area contributed by atoms with Crippen molar-refractivity contribution in [3.63, 3.8) is 0 Å². The number of anilines is 1. The summed E-state index contributed by atoms with van der Waals surface area (Å²) in [5.74, 6) is 0. The molecule has 0 bridgehead atoms. The molecule has 0 unspecified atom stereocenters. The quantitative estimate of drug-likeness (QED) is 0.439. The highest BCUT2D eigenvalue weighted by molar-refractivity contribution is 6.55. The van der Waals surface area contributed by atoms with E-state index in [1.807, 2.05) is 16.9 Å². The summed E-state index contributed by atoms with van der Waals surface area (Å²) in [5, 5.41) is 0. The zero-order valence-corrected chi connectivity index (χ0v) is 16.5. The minimum Gasteiger partial charge on any atom is -0.384 e. The van der Waals surface area contributed by atoms with Crippen molar-refractivity contribution < 1.29 is 9.31 Å². The monoisotopic (exact) mass is 350 g/mol. The van der Waals surface area contributed by atoms with Gasteiger partial charge in [-0.15, -0.1) is 0 Å². The van der Waals surface area contributed by atoms with Gasteiger partial charge in [-0.3, -0.25) is 0 Å². The van der Waals surface area contributed by atoms with E-state index in [2.05, 4.69) is 82.9 Å². The Morgan fingerprint density at radius 1 is 0.808 bits per heavy atom. The van der Waals surface area contributed by atoms with E-state index in [-0.39, 0.29) is 0 Å². The maximum Gasteiger partial charge on any atom is 0.599 e. The van der Waals surface area contributed by atoms with E-state index >= 15 is 0 Å². The van der Waals surface area contributed by atoms with Crippen LogP contribution in [0.2, 0.25) is 0 Å². The lowest BCUT2D eigenvalue weighted by Crippen LogP contribution is -2.41. The topological polar surface area (TPSA) is 34.1 Å². The van der Waals surface area contributed by atoms with E-state index in [1.165, 1.54) is 11.1 Å². The van der Waals surface area contributed by atoms with Crippen LogP contribution in [-0.2, 0) is 9.31 Å². The maximum atomic E-state index is 6.23. The second-order valence-corrected chi connectivity index (χ2v) is 7.89. The molecular formula is C21H27BN2O2. The van der Waals surface area contributed by atoms with E-state index in [0.29, 0.717) is 0 Å². The molecule has 0 saturated carbocycles. The second kappa shape index (κ2) is 6.90. The molecule has 2 aromatic carbocycles. The second-order valence-electron chi connectivity index (χ2n) is 7.89. The van der Waals surface area contributed by atoms with E-state index in [4.69, 9.17) is 9.31 Å². The van der Waals surface area contributed by atoms with E-state index in [1.54, 1.807) is 6.34 Å². The van der Waals surface area contributed by atoms with Gasteiger partial charge in [-0.2, -0.15) is 0 Å². The molecule has 0 atom stereocenters. The van der Waals surface area contributed by atoms with Crippen LogP contribution < -0.4 is 4.81 Å². The first-order valence-corrected chi connectivity index (χ1v) is 8.99. The fraction of sp³-hybridized carbons (Fsp3) is 0.381. The summed E-state index contributed by atoms with van der Waals surface area (Å²) < 4.78 is 12.5. The summed E-state index contributed by atoms with van der Waals surface area (Å²) in [6.07, 6.45) is 1.79. The molecule has 0 spiro atoms. The number of nitrogens with zero attached hydrogens (tertiary/aromatic N) is 2. The van der Waals surface area contributed by atoms with Crippen LogP contribution in [0.4, 0.5) is 11.4 Å². The average Bonchev–Trinajstić information content (AvgIpc) is 2.79. The van der Waals surface area contributed by atoms with Crippen molar-refractivity contribution >= 4 is 25.0 Å². The smallest absolute Gasteiger partial charge is 0.384 e. The minimum atomic E-state index is -0.531. The highest BCUT2D eigenvalue weighted by Crippen LogP contribution is 2.38. The molecule has 1 aliphatic rings. The standard InChI is InChI=1S/C21H27BN2O2/c1-16-7-11-18(12-8-16)23-15-24(19-13-9-17(2)10-14-19)22-25-20(3,4)21(5,6)26-22/h7-15H,1-6H3. The van der Waals surface area contributed by atoms with Crippen molar-refractivity contribution in [2.45, 2.75) is 52.7 Å². The SMILES string of the molecule is Cc1ccc(N=CN(B2OC(C)(C)C(C)(C)O2)c2ccc(C)cc2)cc1. The molecule has 0 amide bonds. The Balaban J connectivity index is 1.92. The lowest BCUT2D eigenvalue weighted by Gasteiger charge is -2.32. The highest BCUT2D eigenvalue weighted by atomic mass is 16.7. The summed E-state index contributed by atoms with van der Waals surface area (Å²) in [6, 6.07) is 16.4. The molecule has 5 heteroatoms. The molecule has 1 fully saturated rings. The molecule has 26 heavy (non-hydrogen) atoms. The number of hydrogen-bond donors (Lipinski definition) is 0. The highest BCUT2D eigenvalue weighted by Gasteiger charge is 2.54. The predicted octanol–water partition coefficient (Wildman–Crippen LogP) is 5.06. The van der Waals surface area contributed by atoms with Crippen LogP contribution in [0.5, 0.6) is 0 Å². The van der Waals surface area contributed by atoms with Gasteiger partial charge in [0.25, 0.3) is 0 Å². The fourth-order valence-corrected chi connectivity index (χ4v) is 2.64. The normalized spacial score (nSPS) is 18.5. The molecule has 0 aromatic heterocycles. The largest absolute Gasteiger partial charge is 0.599 e. The zero-order chi connectivity index (χ0) is 18.9. The van der Waals surface area contributed by atoms with Crippen LogP contribution in [0.1, 0.15) is 38.8 Å². The first-order chi connectivity index (χ1) is 12.2. The van der Waals surface area contributed by atoms with Gasteiger partial charge in [-0.25, -0.2) is 4.99 Å². The summed E-state index contributed by atoms with van der Waals surface area (Å²) >= 11 is 0. The van der Waals surface area contributed by atoms with Gasteiger partial charge in [-0.1, -0.05) is 35.4 Å². The van der Waals surface area contributed by atoms with E-state index < -0.39 is 18.5 Å². The Hall–Kier alpha value is -2.11. The lowest BCUT2D eigenvalue weighted by molar-refractivity contribution is 0.00578. The van der Waals surface area contributed by atoms with Gasteiger partial charge in [0.15, 0.2) is 0 Å². The number of rotatable bonds is 4. The fourth-order valence-electron chi connectivity index (χ4n) is 2.64. The average molecular weight is 350 g/mol. The van der Waals surface area contributed by atoms with Gasteiger partial charge in [0.2, 0.25) is 0 Å². The van der Waals surface area contributed by atoms with Crippen molar-refractivity contribution in [2.75, 3.05) is 4.81 Å². The number of benzene rings is 2. The Kier molecular flexibility index (Phi) is 4.95. The first kappa shape index (κ1) is 18.7. The van der Waals surface area contributed by atoms with Crippen LogP contribution in [0.3, 0.4) is 0 Å². The summed E-state index contributed by atoms with van der Waals surface area (Å²) in [4.78, 5) is 6.57. The molecule has 0 radical (unpaired) electrons. The number of hydrogen-bond acceptors (Lipinski definition) is 3. The summed E-state index contributed by atoms with van der Waals surface area (Å²) in [6.45, 7) is 12.4. The third-order valence-electron chi connectivity index (χ3n) is 5.17. The maximum absolute atomic E-state index is 6.23. The third-order valence-corrected chi connectivity index (χ3v) is 5.17. The Bertz CT molecular complexity index is 767.